The second kappa shape index (κ2) is 7.95. The molecule has 31 heavy (non-hydrogen) atoms. The first kappa shape index (κ1) is 20.5. The SMILES string of the molecule is CC1(C)CC(=O)C2=C(C1)Nc1nc(SCc3ccccc3)nn1[C@H]2c1ccc(Br)cc1. The maximum Gasteiger partial charge on any atom is 0.227 e. The summed E-state index contributed by atoms with van der Waals surface area (Å²) in [4.78, 5) is 18.0. The van der Waals surface area contributed by atoms with Gasteiger partial charge in [-0.3, -0.25) is 4.79 Å². The highest BCUT2D eigenvalue weighted by atomic mass is 79.9. The number of benzene rings is 2. The van der Waals surface area contributed by atoms with Gasteiger partial charge in [-0.2, -0.15) is 4.98 Å². The minimum absolute atomic E-state index is 0.0692. The van der Waals surface area contributed by atoms with Crippen LogP contribution in [0.15, 0.2) is 75.5 Å². The first-order valence-corrected chi connectivity index (χ1v) is 12.1. The molecule has 1 aromatic heterocycles. The number of fused-ring (bicyclic) bond motifs is 1. The van der Waals surface area contributed by atoms with Crippen LogP contribution in [-0.2, 0) is 10.5 Å². The third-order valence-corrected chi connectivity index (χ3v) is 7.15. The van der Waals surface area contributed by atoms with Gasteiger partial charge in [-0.1, -0.05) is 84.0 Å². The molecule has 0 unspecified atom stereocenters. The topological polar surface area (TPSA) is 59.8 Å². The van der Waals surface area contributed by atoms with Crippen LogP contribution >= 0.6 is 27.7 Å². The summed E-state index contributed by atoms with van der Waals surface area (Å²) in [5.41, 5.74) is 4.00. The van der Waals surface area contributed by atoms with Crippen LogP contribution < -0.4 is 5.32 Å². The van der Waals surface area contributed by atoms with Crippen molar-refractivity contribution in [3.8, 4) is 0 Å². The van der Waals surface area contributed by atoms with E-state index in [1.165, 1.54) is 5.56 Å². The maximum atomic E-state index is 13.2. The van der Waals surface area contributed by atoms with E-state index in [0.29, 0.717) is 17.5 Å². The van der Waals surface area contributed by atoms with Crippen molar-refractivity contribution in [3.05, 3.63) is 81.5 Å². The summed E-state index contributed by atoms with van der Waals surface area (Å²) in [6, 6.07) is 18.2. The average Bonchev–Trinajstić information content (AvgIpc) is 3.14. The minimum atomic E-state index is -0.262. The summed E-state index contributed by atoms with van der Waals surface area (Å²) in [5.74, 6) is 1.69. The Kier molecular flexibility index (Phi) is 5.26. The summed E-state index contributed by atoms with van der Waals surface area (Å²) in [6.45, 7) is 4.29. The number of nitrogens with zero attached hydrogens (tertiary/aromatic N) is 3. The number of carbonyl (C=O) groups is 1. The number of ketones is 1. The Morgan fingerprint density at radius 2 is 1.87 bits per heavy atom. The average molecular weight is 495 g/mol. The molecular formula is C24H23BrN4OS. The zero-order valence-electron chi connectivity index (χ0n) is 17.4. The van der Waals surface area contributed by atoms with E-state index in [1.807, 2.05) is 35.0 Å². The highest BCUT2D eigenvalue weighted by Crippen LogP contribution is 2.45. The van der Waals surface area contributed by atoms with Crippen LogP contribution in [0.4, 0.5) is 5.95 Å². The molecule has 2 aromatic carbocycles. The zero-order valence-corrected chi connectivity index (χ0v) is 19.8. The van der Waals surface area contributed by atoms with Crippen molar-refractivity contribution in [2.45, 2.75) is 43.6 Å². The Morgan fingerprint density at radius 1 is 1.13 bits per heavy atom. The standard InChI is InChI=1S/C24H23BrN4OS/c1-24(2)12-18-20(19(30)13-24)21(16-8-10-17(25)11-9-16)29-22(26-18)27-23(28-29)31-14-15-6-4-3-5-7-15/h3-11,21H,12-14H2,1-2H3,(H,26,27,28)/t21-/m0/s1. The number of hydrogen-bond donors (Lipinski definition) is 1. The molecule has 0 saturated heterocycles. The molecule has 0 spiro atoms. The quantitative estimate of drug-likeness (QED) is 0.451. The van der Waals surface area contributed by atoms with E-state index in [0.717, 1.165) is 33.5 Å². The van der Waals surface area contributed by atoms with Crippen molar-refractivity contribution < 1.29 is 4.79 Å². The van der Waals surface area contributed by atoms with E-state index >= 15 is 0 Å². The molecule has 3 aromatic rings. The normalized spacial score (nSPS) is 19.6. The lowest BCUT2D eigenvalue weighted by atomic mass is 9.73. The van der Waals surface area contributed by atoms with Gasteiger partial charge in [0.2, 0.25) is 11.1 Å². The molecule has 1 N–H and O–H groups in total. The maximum absolute atomic E-state index is 13.2. The number of carbonyl (C=O) groups excluding carboxylic acids is 1. The van der Waals surface area contributed by atoms with E-state index < -0.39 is 0 Å². The van der Waals surface area contributed by atoms with Crippen LogP contribution in [0.5, 0.6) is 0 Å². The van der Waals surface area contributed by atoms with E-state index in [-0.39, 0.29) is 17.2 Å². The van der Waals surface area contributed by atoms with Gasteiger partial charge < -0.3 is 5.32 Å². The van der Waals surface area contributed by atoms with Gasteiger partial charge in [0, 0.05) is 27.9 Å². The Bertz CT molecular complexity index is 1170. The molecule has 2 heterocycles. The first-order valence-electron chi connectivity index (χ1n) is 10.3. The second-order valence-corrected chi connectivity index (χ2v) is 10.7. The number of halogens is 1. The first-order chi connectivity index (χ1) is 14.9. The number of anilines is 1. The summed E-state index contributed by atoms with van der Waals surface area (Å²) in [5, 5.41) is 8.96. The smallest absolute Gasteiger partial charge is 0.227 e. The van der Waals surface area contributed by atoms with Gasteiger partial charge in [-0.15, -0.1) is 5.10 Å². The van der Waals surface area contributed by atoms with Gasteiger partial charge in [-0.25, -0.2) is 4.68 Å². The number of allylic oxidation sites excluding steroid dienone is 2. The van der Waals surface area contributed by atoms with Crippen LogP contribution in [0.2, 0.25) is 0 Å². The predicted octanol–water partition coefficient (Wildman–Crippen LogP) is 5.99. The fourth-order valence-electron chi connectivity index (χ4n) is 4.33. The van der Waals surface area contributed by atoms with Gasteiger partial charge >= 0.3 is 0 Å². The number of rotatable bonds is 4. The predicted molar refractivity (Wildman–Crippen MR) is 127 cm³/mol. The lowest BCUT2D eigenvalue weighted by molar-refractivity contribution is -0.118. The van der Waals surface area contributed by atoms with Crippen molar-refractivity contribution in [1.82, 2.24) is 14.8 Å². The Balaban J connectivity index is 1.54. The molecule has 5 rings (SSSR count). The van der Waals surface area contributed by atoms with Gasteiger partial charge in [0.15, 0.2) is 5.78 Å². The molecule has 1 aliphatic carbocycles. The van der Waals surface area contributed by atoms with Crippen molar-refractivity contribution in [2.75, 3.05) is 5.32 Å². The summed E-state index contributed by atoms with van der Waals surface area (Å²) in [6.07, 6.45) is 1.36. The highest BCUT2D eigenvalue weighted by molar-refractivity contribution is 9.10. The van der Waals surface area contributed by atoms with E-state index in [4.69, 9.17) is 10.1 Å². The van der Waals surface area contributed by atoms with Crippen molar-refractivity contribution in [1.29, 1.82) is 0 Å². The van der Waals surface area contributed by atoms with Gasteiger partial charge in [-0.05, 0) is 35.1 Å². The summed E-state index contributed by atoms with van der Waals surface area (Å²) >= 11 is 5.12. The molecule has 0 bridgehead atoms. The molecule has 2 aliphatic rings. The Hall–Kier alpha value is -2.38. The van der Waals surface area contributed by atoms with Crippen LogP contribution in [0, 0.1) is 5.41 Å². The van der Waals surface area contributed by atoms with Crippen molar-refractivity contribution in [3.63, 3.8) is 0 Å². The highest BCUT2D eigenvalue weighted by Gasteiger charge is 2.41. The van der Waals surface area contributed by atoms with E-state index in [1.54, 1.807) is 11.8 Å². The number of hydrogen-bond acceptors (Lipinski definition) is 5. The lowest BCUT2D eigenvalue weighted by Crippen LogP contribution is -2.36. The van der Waals surface area contributed by atoms with Crippen LogP contribution in [-0.4, -0.2) is 20.5 Å². The zero-order chi connectivity index (χ0) is 21.6. The van der Waals surface area contributed by atoms with Crippen molar-refractivity contribution >= 4 is 39.4 Å². The number of aromatic nitrogens is 3. The van der Waals surface area contributed by atoms with Crippen LogP contribution in [0.1, 0.15) is 43.9 Å². The van der Waals surface area contributed by atoms with E-state index in [9.17, 15) is 4.79 Å². The van der Waals surface area contributed by atoms with Gasteiger partial charge in [0.1, 0.15) is 6.04 Å². The monoisotopic (exact) mass is 494 g/mol. The molecule has 7 heteroatoms. The third kappa shape index (κ3) is 4.08. The molecular weight excluding hydrogens is 472 g/mol. The van der Waals surface area contributed by atoms with Gasteiger partial charge in [0.05, 0.1) is 0 Å². The molecule has 5 nitrogen and oxygen atoms in total. The van der Waals surface area contributed by atoms with Crippen LogP contribution in [0.3, 0.4) is 0 Å². The largest absolute Gasteiger partial charge is 0.328 e. The molecule has 158 valence electrons. The third-order valence-electron chi connectivity index (χ3n) is 5.71. The summed E-state index contributed by atoms with van der Waals surface area (Å²) in [7, 11) is 0. The van der Waals surface area contributed by atoms with E-state index in [2.05, 4.69) is 59.4 Å². The minimum Gasteiger partial charge on any atom is -0.328 e. The second-order valence-electron chi connectivity index (χ2n) is 8.85. The fourth-order valence-corrected chi connectivity index (χ4v) is 5.38. The molecule has 0 fully saturated rings. The molecule has 0 saturated carbocycles. The molecule has 0 radical (unpaired) electrons. The number of nitrogens with one attached hydrogen (secondary N) is 1. The fraction of sp³-hybridized carbons (Fsp3) is 0.292. The molecule has 1 aliphatic heterocycles. The lowest BCUT2D eigenvalue weighted by Gasteiger charge is -2.38. The number of thioether (sulfide) groups is 1. The molecule has 0 amide bonds. The number of Topliss-reactive ketones (excluding diaryl/α,β-unsaturated/α-hetero) is 1. The summed E-state index contributed by atoms with van der Waals surface area (Å²) < 4.78 is 2.89. The Labute approximate surface area is 194 Å². The van der Waals surface area contributed by atoms with Crippen molar-refractivity contribution in [2.24, 2.45) is 5.41 Å². The van der Waals surface area contributed by atoms with Gasteiger partial charge in [0.25, 0.3) is 0 Å². The van der Waals surface area contributed by atoms with Crippen LogP contribution in [0.25, 0.3) is 0 Å². The molecule has 1 atom stereocenters. The Morgan fingerprint density at radius 3 is 2.61 bits per heavy atom.